The molecular formula is C27H23ClFNO5. The molecule has 0 radical (unpaired) electrons. The normalized spacial score (nSPS) is 17.0. The maximum atomic E-state index is 13.3. The second kappa shape index (κ2) is 10.2. The highest BCUT2D eigenvalue weighted by molar-refractivity contribution is 6.46. The number of ketones is 1. The van der Waals surface area contributed by atoms with Crippen molar-refractivity contribution in [3.8, 4) is 11.5 Å². The zero-order valence-corrected chi connectivity index (χ0v) is 19.9. The largest absolute Gasteiger partial charge is 0.506 e. The van der Waals surface area contributed by atoms with Gasteiger partial charge >= 0.3 is 0 Å². The summed E-state index contributed by atoms with van der Waals surface area (Å²) in [5, 5.41) is 11.9. The summed E-state index contributed by atoms with van der Waals surface area (Å²) in [5.74, 6) is -1.76. The van der Waals surface area contributed by atoms with Crippen molar-refractivity contribution in [2.75, 3.05) is 20.8 Å². The van der Waals surface area contributed by atoms with E-state index in [-0.39, 0.29) is 35.0 Å². The summed E-state index contributed by atoms with van der Waals surface area (Å²) in [6.07, 6.45) is 0.384. The lowest BCUT2D eigenvalue weighted by atomic mass is 9.94. The van der Waals surface area contributed by atoms with Gasteiger partial charge < -0.3 is 19.5 Å². The van der Waals surface area contributed by atoms with Crippen molar-refractivity contribution < 1.29 is 28.6 Å². The third kappa shape index (κ3) is 4.72. The average Bonchev–Trinajstić information content (AvgIpc) is 3.12. The number of aliphatic hydroxyl groups excluding tert-OH is 1. The Morgan fingerprint density at radius 3 is 2.14 bits per heavy atom. The number of nitrogens with zero attached hydrogens (tertiary/aromatic N) is 1. The first-order chi connectivity index (χ1) is 16.8. The molecule has 3 aromatic carbocycles. The molecule has 0 spiro atoms. The Labute approximate surface area is 207 Å². The Morgan fingerprint density at radius 2 is 1.57 bits per heavy atom. The molecule has 1 amide bonds. The molecule has 6 nitrogen and oxygen atoms in total. The molecule has 1 heterocycles. The lowest BCUT2D eigenvalue weighted by Gasteiger charge is -2.26. The van der Waals surface area contributed by atoms with Gasteiger partial charge in [0.2, 0.25) is 0 Å². The first-order valence-electron chi connectivity index (χ1n) is 10.9. The van der Waals surface area contributed by atoms with E-state index in [0.717, 1.165) is 5.56 Å². The van der Waals surface area contributed by atoms with Crippen LogP contribution in [-0.2, 0) is 16.0 Å². The highest BCUT2D eigenvalue weighted by atomic mass is 35.5. The van der Waals surface area contributed by atoms with E-state index >= 15 is 0 Å². The predicted octanol–water partition coefficient (Wildman–Crippen LogP) is 5.16. The number of benzene rings is 3. The molecule has 1 aliphatic rings. The Morgan fingerprint density at radius 1 is 0.971 bits per heavy atom. The van der Waals surface area contributed by atoms with Crippen LogP contribution in [0.1, 0.15) is 22.7 Å². The van der Waals surface area contributed by atoms with Crippen LogP contribution in [0.4, 0.5) is 4.39 Å². The number of amides is 1. The fraction of sp³-hybridized carbons (Fsp3) is 0.185. The van der Waals surface area contributed by atoms with Crippen molar-refractivity contribution >= 4 is 29.1 Å². The summed E-state index contributed by atoms with van der Waals surface area (Å²) in [7, 11) is 2.87. The summed E-state index contributed by atoms with van der Waals surface area (Å²) >= 11 is 6.07. The van der Waals surface area contributed by atoms with E-state index in [9.17, 15) is 19.1 Å². The van der Waals surface area contributed by atoms with Crippen LogP contribution in [0.15, 0.2) is 72.3 Å². The minimum Gasteiger partial charge on any atom is -0.506 e. The van der Waals surface area contributed by atoms with Gasteiger partial charge in [-0.1, -0.05) is 41.9 Å². The standard InChI is InChI=1S/C27H23ClFNO5/c1-34-20-4-3-5-21(35-2)22(20)25(31)23-24(17-8-10-18(28)11-9-17)30(27(33)26(23)32)15-14-16-6-12-19(29)13-7-16/h3-13,24,31H,14-15H2,1-2H3/b25-23+. The number of halogens is 2. The lowest BCUT2D eigenvalue weighted by molar-refractivity contribution is -0.139. The van der Waals surface area contributed by atoms with E-state index in [1.54, 1.807) is 54.6 Å². The topological polar surface area (TPSA) is 76.1 Å². The number of Topliss-reactive ketones (excluding diaryl/α,β-unsaturated/α-hetero) is 1. The molecule has 35 heavy (non-hydrogen) atoms. The van der Waals surface area contributed by atoms with Gasteiger partial charge in [0.15, 0.2) is 0 Å². The van der Waals surface area contributed by atoms with E-state index in [0.29, 0.717) is 17.0 Å². The Kier molecular flexibility index (Phi) is 7.07. The molecule has 0 bridgehead atoms. The zero-order chi connectivity index (χ0) is 25.1. The summed E-state index contributed by atoms with van der Waals surface area (Å²) in [4.78, 5) is 27.8. The molecule has 1 N–H and O–H groups in total. The molecule has 0 aliphatic carbocycles. The number of carbonyl (C=O) groups excluding carboxylic acids is 2. The molecule has 0 saturated carbocycles. The molecule has 1 atom stereocenters. The SMILES string of the molecule is COc1cccc(OC)c1/C(O)=C1\C(=O)C(=O)N(CCc2ccc(F)cc2)C1c1ccc(Cl)cc1. The average molecular weight is 496 g/mol. The van der Waals surface area contributed by atoms with Gasteiger partial charge in [-0.15, -0.1) is 0 Å². The van der Waals surface area contributed by atoms with Crippen LogP contribution in [0, 0.1) is 5.82 Å². The quantitative estimate of drug-likeness (QED) is 0.278. The van der Waals surface area contributed by atoms with Crippen LogP contribution in [0.3, 0.4) is 0 Å². The molecule has 180 valence electrons. The lowest BCUT2D eigenvalue weighted by Crippen LogP contribution is -2.31. The van der Waals surface area contributed by atoms with Crippen LogP contribution in [-0.4, -0.2) is 42.5 Å². The van der Waals surface area contributed by atoms with Crippen molar-refractivity contribution in [3.63, 3.8) is 0 Å². The minimum atomic E-state index is -0.873. The van der Waals surface area contributed by atoms with Gasteiger partial charge in [0, 0.05) is 11.6 Å². The zero-order valence-electron chi connectivity index (χ0n) is 19.1. The summed E-state index contributed by atoms with van der Waals surface area (Å²) in [6.45, 7) is 0.170. The van der Waals surface area contributed by atoms with E-state index in [2.05, 4.69) is 0 Å². The second-order valence-corrected chi connectivity index (χ2v) is 8.39. The number of rotatable bonds is 7. The van der Waals surface area contributed by atoms with Crippen molar-refractivity contribution in [2.24, 2.45) is 0 Å². The highest BCUT2D eigenvalue weighted by Gasteiger charge is 2.46. The predicted molar refractivity (Wildman–Crippen MR) is 130 cm³/mol. The molecule has 1 aliphatic heterocycles. The summed E-state index contributed by atoms with van der Waals surface area (Å²) in [5.41, 5.74) is 1.49. The van der Waals surface area contributed by atoms with Crippen molar-refractivity contribution in [3.05, 3.63) is 99.8 Å². The van der Waals surface area contributed by atoms with E-state index < -0.39 is 23.5 Å². The molecule has 8 heteroatoms. The van der Waals surface area contributed by atoms with Crippen molar-refractivity contribution in [2.45, 2.75) is 12.5 Å². The first kappa shape index (κ1) is 24.3. The highest BCUT2D eigenvalue weighted by Crippen LogP contribution is 2.43. The number of aliphatic hydroxyl groups is 1. The number of ether oxygens (including phenoxy) is 2. The summed E-state index contributed by atoms with van der Waals surface area (Å²) in [6, 6.07) is 16.7. The number of carbonyl (C=O) groups is 2. The van der Waals surface area contributed by atoms with Crippen LogP contribution < -0.4 is 9.47 Å². The molecule has 0 aromatic heterocycles. The molecule has 3 aromatic rings. The second-order valence-electron chi connectivity index (χ2n) is 7.96. The van der Waals surface area contributed by atoms with Crippen LogP contribution in [0.25, 0.3) is 5.76 Å². The molecule has 1 fully saturated rings. The number of likely N-dealkylation sites (tertiary alicyclic amines) is 1. The van der Waals surface area contributed by atoms with Gasteiger partial charge in [0.1, 0.15) is 28.6 Å². The van der Waals surface area contributed by atoms with Gasteiger partial charge in [0.05, 0.1) is 25.8 Å². The van der Waals surface area contributed by atoms with Crippen LogP contribution in [0.2, 0.25) is 5.02 Å². The fourth-order valence-electron chi connectivity index (χ4n) is 4.22. The molecule has 1 saturated heterocycles. The maximum absolute atomic E-state index is 13.3. The maximum Gasteiger partial charge on any atom is 0.295 e. The number of hydrogen-bond donors (Lipinski definition) is 1. The van der Waals surface area contributed by atoms with Gasteiger partial charge in [-0.05, 0) is 53.9 Å². The number of methoxy groups -OCH3 is 2. The van der Waals surface area contributed by atoms with Gasteiger partial charge in [-0.2, -0.15) is 0 Å². The third-order valence-electron chi connectivity index (χ3n) is 5.94. The smallest absolute Gasteiger partial charge is 0.295 e. The van der Waals surface area contributed by atoms with Gasteiger partial charge in [-0.3, -0.25) is 9.59 Å². The van der Waals surface area contributed by atoms with Crippen molar-refractivity contribution in [1.29, 1.82) is 0 Å². The molecular weight excluding hydrogens is 473 g/mol. The third-order valence-corrected chi connectivity index (χ3v) is 6.20. The molecule has 1 unspecified atom stereocenters. The van der Waals surface area contributed by atoms with E-state index in [4.69, 9.17) is 21.1 Å². The fourth-order valence-corrected chi connectivity index (χ4v) is 4.35. The van der Waals surface area contributed by atoms with E-state index in [1.807, 2.05) is 0 Å². The minimum absolute atomic E-state index is 0.0840. The van der Waals surface area contributed by atoms with Gasteiger partial charge in [-0.25, -0.2) is 4.39 Å². The van der Waals surface area contributed by atoms with E-state index in [1.165, 1.54) is 31.3 Å². The Balaban J connectivity index is 1.84. The molecule has 4 rings (SSSR count). The van der Waals surface area contributed by atoms with Crippen LogP contribution >= 0.6 is 11.6 Å². The van der Waals surface area contributed by atoms with Gasteiger partial charge in [0.25, 0.3) is 11.7 Å². The number of hydrogen-bond acceptors (Lipinski definition) is 5. The van der Waals surface area contributed by atoms with Crippen molar-refractivity contribution in [1.82, 2.24) is 4.90 Å². The first-order valence-corrected chi connectivity index (χ1v) is 11.2. The summed E-state index contributed by atoms with van der Waals surface area (Å²) < 4.78 is 24.1. The van der Waals surface area contributed by atoms with Crippen LogP contribution in [0.5, 0.6) is 11.5 Å². The Bertz CT molecular complexity index is 1270. The Hall–Kier alpha value is -3.84. The monoisotopic (exact) mass is 495 g/mol.